The average Bonchev–Trinajstić information content (AvgIpc) is 2.57. The number of anilines is 1. The minimum atomic E-state index is -0.656. The van der Waals surface area contributed by atoms with Crippen LogP contribution in [0.4, 0.5) is 10.2 Å². The fourth-order valence-electron chi connectivity index (χ4n) is 2.55. The second kappa shape index (κ2) is 6.47. The molecule has 3 rings (SSSR count). The minimum Gasteiger partial charge on any atom is -0.468 e. The molecule has 0 radical (unpaired) electrons. The first-order valence-corrected chi connectivity index (χ1v) is 7.32. The number of ether oxygens (including phenoxy) is 1. The van der Waals surface area contributed by atoms with Gasteiger partial charge in [0, 0.05) is 13.0 Å². The van der Waals surface area contributed by atoms with Crippen LogP contribution in [0.1, 0.15) is 11.1 Å². The molecule has 0 saturated heterocycles. The molecule has 6 nitrogen and oxygen atoms in total. The van der Waals surface area contributed by atoms with Gasteiger partial charge in [0.05, 0.1) is 13.3 Å². The molecule has 23 heavy (non-hydrogen) atoms. The van der Waals surface area contributed by atoms with E-state index in [9.17, 15) is 9.18 Å². The van der Waals surface area contributed by atoms with Gasteiger partial charge in [0.1, 0.15) is 6.04 Å². The Morgan fingerprint density at radius 3 is 2.91 bits per heavy atom. The van der Waals surface area contributed by atoms with Crippen LogP contribution in [0.5, 0.6) is 0 Å². The zero-order valence-electron chi connectivity index (χ0n) is 12.3. The Hall–Kier alpha value is -2.25. The summed E-state index contributed by atoms with van der Waals surface area (Å²) in [6, 6.07) is 7.16. The topological polar surface area (TPSA) is 67.3 Å². The zero-order chi connectivity index (χ0) is 16.4. The van der Waals surface area contributed by atoms with Crippen LogP contribution in [0.25, 0.3) is 0 Å². The third-order valence-electron chi connectivity index (χ3n) is 3.69. The van der Waals surface area contributed by atoms with Gasteiger partial charge in [-0.3, -0.25) is 10.2 Å². The number of hydrogen-bond donors (Lipinski definition) is 1. The Balaban J connectivity index is 1.91. The second-order valence-corrected chi connectivity index (χ2v) is 5.43. The molecule has 0 bridgehead atoms. The van der Waals surface area contributed by atoms with E-state index in [1.807, 2.05) is 24.3 Å². The van der Waals surface area contributed by atoms with Crippen LogP contribution in [0.2, 0.25) is 5.28 Å². The van der Waals surface area contributed by atoms with Gasteiger partial charge in [-0.05, 0) is 22.7 Å². The van der Waals surface area contributed by atoms with Crippen LogP contribution < -0.4 is 5.43 Å². The van der Waals surface area contributed by atoms with Crippen LogP contribution in [0, 0.1) is 5.82 Å². The monoisotopic (exact) mass is 336 g/mol. The van der Waals surface area contributed by atoms with Crippen molar-refractivity contribution in [2.75, 3.05) is 12.5 Å². The lowest BCUT2D eigenvalue weighted by atomic mass is 9.95. The number of carbonyl (C=O) groups is 1. The van der Waals surface area contributed by atoms with E-state index in [2.05, 4.69) is 15.4 Å². The van der Waals surface area contributed by atoms with E-state index in [4.69, 9.17) is 16.3 Å². The van der Waals surface area contributed by atoms with Crippen LogP contribution in [0.3, 0.4) is 0 Å². The van der Waals surface area contributed by atoms with E-state index < -0.39 is 17.8 Å². The standard InChI is InChI=1S/C15H14ClFN4O2/c1-23-14(22)12-6-9-4-2-3-5-10(9)8-21(12)20-13-11(17)7-18-15(16)19-13/h2-5,7,12H,6,8H2,1H3,(H,18,19,20)/t12-/m0/s1. The molecule has 1 N–H and O–H groups in total. The summed E-state index contributed by atoms with van der Waals surface area (Å²) in [5, 5.41) is 1.51. The largest absolute Gasteiger partial charge is 0.468 e. The van der Waals surface area contributed by atoms with Crippen molar-refractivity contribution >= 4 is 23.4 Å². The number of hydrazine groups is 1. The van der Waals surface area contributed by atoms with E-state index >= 15 is 0 Å². The molecule has 2 heterocycles. The minimum absolute atomic E-state index is 0.0825. The molecule has 1 atom stereocenters. The molecule has 2 aromatic rings. The van der Waals surface area contributed by atoms with Crippen molar-refractivity contribution in [3.05, 3.63) is 52.7 Å². The van der Waals surface area contributed by atoms with Crippen molar-refractivity contribution in [1.82, 2.24) is 15.0 Å². The van der Waals surface area contributed by atoms with Crippen LogP contribution >= 0.6 is 11.6 Å². The van der Waals surface area contributed by atoms with Crippen molar-refractivity contribution in [3.63, 3.8) is 0 Å². The van der Waals surface area contributed by atoms with Crippen molar-refractivity contribution in [1.29, 1.82) is 0 Å². The number of nitrogens with zero attached hydrogens (tertiary/aromatic N) is 3. The van der Waals surface area contributed by atoms with Crippen molar-refractivity contribution in [2.24, 2.45) is 0 Å². The fraction of sp³-hybridized carbons (Fsp3) is 0.267. The summed E-state index contributed by atoms with van der Waals surface area (Å²) < 4.78 is 18.7. The Kier molecular flexibility index (Phi) is 4.40. The van der Waals surface area contributed by atoms with Crippen LogP contribution in [-0.4, -0.2) is 34.1 Å². The first-order valence-electron chi connectivity index (χ1n) is 6.94. The molecule has 0 amide bonds. The number of rotatable bonds is 3. The normalized spacial score (nSPS) is 17.4. The highest BCUT2D eigenvalue weighted by Crippen LogP contribution is 2.25. The first-order chi connectivity index (χ1) is 11.1. The maximum Gasteiger partial charge on any atom is 0.325 e. The van der Waals surface area contributed by atoms with Gasteiger partial charge in [-0.25, -0.2) is 14.4 Å². The molecule has 8 heteroatoms. The van der Waals surface area contributed by atoms with Gasteiger partial charge in [-0.1, -0.05) is 24.3 Å². The Bertz CT molecular complexity index is 743. The van der Waals surface area contributed by atoms with Gasteiger partial charge in [-0.2, -0.15) is 4.98 Å². The first kappa shape index (κ1) is 15.6. The van der Waals surface area contributed by atoms with E-state index in [0.717, 1.165) is 17.3 Å². The summed E-state index contributed by atoms with van der Waals surface area (Å²) in [6.07, 6.45) is 1.43. The summed E-state index contributed by atoms with van der Waals surface area (Å²) in [7, 11) is 1.32. The third kappa shape index (κ3) is 3.25. The lowest BCUT2D eigenvalue weighted by Gasteiger charge is -2.35. The number of benzene rings is 1. The SMILES string of the molecule is COC(=O)[C@@H]1Cc2ccccc2CN1Nc1nc(Cl)ncc1F. The lowest BCUT2D eigenvalue weighted by Crippen LogP contribution is -2.49. The quantitative estimate of drug-likeness (QED) is 0.684. The number of halogens is 2. The third-order valence-corrected chi connectivity index (χ3v) is 3.87. The van der Waals surface area contributed by atoms with Gasteiger partial charge in [-0.15, -0.1) is 0 Å². The number of carbonyl (C=O) groups excluding carboxylic acids is 1. The smallest absolute Gasteiger partial charge is 0.325 e. The van der Waals surface area contributed by atoms with E-state index in [0.29, 0.717) is 13.0 Å². The molecular weight excluding hydrogens is 323 g/mol. The predicted molar refractivity (Wildman–Crippen MR) is 82.1 cm³/mol. The number of nitrogens with one attached hydrogen (secondary N) is 1. The molecule has 1 aromatic carbocycles. The van der Waals surface area contributed by atoms with Gasteiger partial charge in [0.25, 0.3) is 0 Å². The molecule has 1 aliphatic heterocycles. The molecule has 0 aliphatic carbocycles. The number of methoxy groups -OCH3 is 1. The van der Waals surface area contributed by atoms with Gasteiger partial charge in [0.2, 0.25) is 5.28 Å². The Morgan fingerprint density at radius 1 is 1.43 bits per heavy atom. The van der Waals surface area contributed by atoms with Gasteiger partial charge in [0.15, 0.2) is 11.6 Å². The number of fused-ring (bicyclic) bond motifs is 1. The molecule has 1 aliphatic rings. The average molecular weight is 337 g/mol. The summed E-state index contributed by atoms with van der Waals surface area (Å²) in [5.41, 5.74) is 4.92. The summed E-state index contributed by atoms with van der Waals surface area (Å²) >= 11 is 5.70. The fourth-order valence-corrected chi connectivity index (χ4v) is 2.68. The molecule has 0 fully saturated rings. The Morgan fingerprint density at radius 2 is 2.17 bits per heavy atom. The van der Waals surface area contributed by atoms with Crippen LogP contribution in [-0.2, 0) is 22.5 Å². The lowest BCUT2D eigenvalue weighted by molar-refractivity contribution is -0.147. The molecule has 1 aromatic heterocycles. The summed E-state index contributed by atoms with van der Waals surface area (Å²) in [4.78, 5) is 19.5. The maximum absolute atomic E-state index is 13.8. The maximum atomic E-state index is 13.8. The highest BCUT2D eigenvalue weighted by molar-refractivity contribution is 6.28. The summed E-state index contributed by atoms with van der Waals surface area (Å²) in [6.45, 7) is 0.400. The Labute approximate surface area is 137 Å². The van der Waals surface area contributed by atoms with Crippen LogP contribution in [0.15, 0.2) is 30.5 Å². The van der Waals surface area contributed by atoms with E-state index in [-0.39, 0.29) is 11.1 Å². The molecular formula is C15H14ClFN4O2. The van der Waals surface area contributed by atoms with E-state index in [1.165, 1.54) is 7.11 Å². The molecule has 0 spiro atoms. The number of aromatic nitrogens is 2. The second-order valence-electron chi connectivity index (χ2n) is 5.09. The number of hydrogen-bond acceptors (Lipinski definition) is 6. The molecule has 120 valence electrons. The van der Waals surface area contributed by atoms with Crippen molar-refractivity contribution < 1.29 is 13.9 Å². The highest BCUT2D eigenvalue weighted by Gasteiger charge is 2.33. The van der Waals surface area contributed by atoms with Crippen molar-refractivity contribution in [2.45, 2.75) is 19.0 Å². The number of esters is 1. The highest BCUT2D eigenvalue weighted by atomic mass is 35.5. The van der Waals surface area contributed by atoms with E-state index in [1.54, 1.807) is 5.01 Å². The van der Waals surface area contributed by atoms with Gasteiger partial charge >= 0.3 is 5.97 Å². The molecule has 0 unspecified atom stereocenters. The zero-order valence-corrected chi connectivity index (χ0v) is 13.0. The summed E-state index contributed by atoms with van der Waals surface area (Å²) in [5.74, 6) is -1.15. The van der Waals surface area contributed by atoms with Gasteiger partial charge < -0.3 is 4.74 Å². The molecule has 0 saturated carbocycles. The predicted octanol–water partition coefficient (Wildman–Crippen LogP) is 2.20. The van der Waals surface area contributed by atoms with Crippen molar-refractivity contribution in [3.8, 4) is 0 Å².